The van der Waals surface area contributed by atoms with Gasteiger partial charge in [-0.2, -0.15) is 4.98 Å². The number of anilines is 4. The van der Waals surface area contributed by atoms with Crippen LogP contribution in [0.4, 0.5) is 23.1 Å². The normalized spacial score (nSPS) is 16.0. The average Bonchev–Trinajstić information content (AvgIpc) is 2.90. The van der Waals surface area contributed by atoms with Crippen molar-refractivity contribution in [2.75, 3.05) is 10.2 Å². The Hall–Kier alpha value is -2.40. The minimum Gasteiger partial charge on any atom is -0.324 e. The third-order valence-electron chi connectivity index (χ3n) is 4.38. The lowest BCUT2D eigenvalue weighted by Crippen LogP contribution is -2.25. The van der Waals surface area contributed by atoms with E-state index in [1.165, 1.54) is 11.3 Å². The van der Waals surface area contributed by atoms with Gasteiger partial charge in [0.15, 0.2) is 0 Å². The molecule has 25 heavy (non-hydrogen) atoms. The van der Waals surface area contributed by atoms with Crippen LogP contribution in [0.2, 0.25) is 0 Å². The van der Waals surface area contributed by atoms with Crippen LogP contribution >= 0.6 is 15.9 Å². The Morgan fingerprint density at radius 1 is 1.08 bits per heavy atom. The molecule has 0 saturated heterocycles. The van der Waals surface area contributed by atoms with Gasteiger partial charge in [-0.05, 0) is 50.1 Å². The van der Waals surface area contributed by atoms with E-state index < -0.39 is 0 Å². The van der Waals surface area contributed by atoms with Crippen LogP contribution in [0.5, 0.6) is 0 Å². The third-order valence-corrected chi connectivity index (χ3v) is 4.87. The second-order valence-corrected chi connectivity index (χ2v) is 7.29. The fourth-order valence-electron chi connectivity index (χ4n) is 3.34. The van der Waals surface area contributed by atoms with Gasteiger partial charge in [0.2, 0.25) is 5.95 Å². The second-order valence-electron chi connectivity index (χ2n) is 6.38. The number of halogens is 1. The maximum atomic E-state index is 4.78. The van der Waals surface area contributed by atoms with Crippen LogP contribution in [0.1, 0.15) is 18.2 Å². The molecule has 0 aliphatic carbocycles. The smallest absolute Gasteiger partial charge is 0.229 e. The Balaban J connectivity index is 1.71. The molecule has 1 unspecified atom stereocenters. The molecule has 0 fully saturated rings. The molecule has 2 heterocycles. The highest BCUT2D eigenvalue weighted by Gasteiger charge is 2.28. The molecule has 2 aromatic carbocycles. The largest absolute Gasteiger partial charge is 0.324 e. The van der Waals surface area contributed by atoms with Gasteiger partial charge in [-0.25, -0.2) is 4.98 Å². The lowest BCUT2D eigenvalue weighted by molar-refractivity contribution is 0.749. The predicted octanol–water partition coefficient (Wildman–Crippen LogP) is 5.37. The number of para-hydroxylation sites is 1. The van der Waals surface area contributed by atoms with Crippen LogP contribution in [0, 0.1) is 6.92 Å². The van der Waals surface area contributed by atoms with E-state index in [1.54, 1.807) is 0 Å². The van der Waals surface area contributed by atoms with Crippen molar-refractivity contribution in [3.63, 3.8) is 0 Å². The predicted molar refractivity (Wildman–Crippen MR) is 106 cm³/mol. The molecule has 0 saturated carbocycles. The molecule has 0 spiro atoms. The van der Waals surface area contributed by atoms with Crippen molar-refractivity contribution in [1.29, 1.82) is 0 Å². The van der Waals surface area contributed by atoms with E-state index >= 15 is 0 Å². The monoisotopic (exact) mass is 394 g/mol. The van der Waals surface area contributed by atoms with Crippen molar-refractivity contribution in [3.8, 4) is 0 Å². The number of benzene rings is 2. The van der Waals surface area contributed by atoms with Gasteiger partial charge in [0.1, 0.15) is 5.82 Å². The first-order chi connectivity index (χ1) is 12.1. The Labute approximate surface area is 156 Å². The molecular weight excluding hydrogens is 376 g/mol. The van der Waals surface area contributed by atoms with Crippen LogP contribution in [0.15, 0.2) is 59.1 Å². The summed E-state index contributed by atoms with van der Waals surface area (Å²) in [5.41, 5.74) is 4.51. The average molecular weight is 395 g/mol. The number of rotatable bonds is 3. The van der Waals surface area contributed by atoms with E-state index in [0.29, 0.717) is 12.0 Å². The van der Waals surface area contributed by atoms with E-state index in [0.717, 1.165) is 28.1 Å². The van der Waals surface area contributed by atoms with Gasteiger partial charge in [0.25, 0.3) is 0 Å². The topological polar surface area (TPSA) is 41.1 Å². The maximum Gasteiger partial charge on any atom is 0.229 e. The zero-order valence-corrected chi connectivity index (χ0v) is 15.8. The highest BCUT2D eigenvalue weighted by Crippen LogP contribution is 2.37. The molecule has 126 valence electrons. The van der Waals surface area contributed by atoms with E-state index in [1.807, 2.05) is 37.3 Å². The Bertz CT molecular complexity index is 925. The zero-order valence-electron chi connectivity index (χ0n) is 14.2. The summed E-state index contributed by atoms with van der Waals surface area (Å²) in [5, 5.41) is 3.31. The first kappa shape index (κ1) is 16.1. The number of hydrogen-bond donors (Lipinski definition) is 1. The molecular formula is C20H19BrN4. The summed E-state index contributed by atoms with van der Waals surface area (Å²) >= 11 is 3.50. The summed E-state index contributed by atoms with van der Waals surface area (Å²) in [5.74, 6) is 1.55. The number of aromatic nitrogens is 2. The van der Waals surface area contributed by atoms with Crippen molar-refractivity contribution < 1.29 is 0 Å². The lowest BCUT2D eigenvalue weighted by Gasteiger charge is -2.24. The quantitative estimate of drug-likeness (QED) is 0.647. The summed E-state index contributed by atoms with van der Waals surface area (Å²) in [7, 11) is 0. The van der Waals surface area contributed by atoms with Crippen molar-refractivity contribution in [2.45, 2.75) is 26.3 Å². The van der Waals surface area contributed by atoms with Crippen LogP contribution < -0.4 is 10.2 Å². The van der Waals surface area contributed by atoms with Crippen LogP contribution in [0.25, 0.3) is 0 Å². The molecule has 0 radical (unpaired) electrons. The molecule has 5 heteroatoms. The van der Waals surface area contributed by atoms with Crippen molar-refractivity contribution >= 4 is 39.1 Å². The standard InChI is InChI=1S/C20H19BrN4/c1-13-10-19(25-14(2)11-15-6-3-4-9-18(15)25)24-20(22-13)23-17-8-5-7-16(21)12-17/h3-10,12,14H,11H2,1-2H3,(H,22,23,24). The minimum absolute atomic E-state index is 0.380. The van der Waals surface area contributed by atoms with Crippen molar-refractivity contribution in [2.24, 2.45) is 0 Å². The Kier molecular flexibility index (Phi) is 4.17. The number of nitrogens with zero attached hydrogens (tertiary/aromatic N) is 3. The molecule has 4 rings (SSSR count). The molecule has 4 nitrogen and oxygen atoms in total. The lowest BCUT2D eigenvalue weighted by atomic mass is 10.1. The summed E-state index contributed by atoms with van der Waals surface area (Å²) in [6.45, 7) is 4.24. The zero-order chi connectivity index (χ0) is 17.4. The molecule has 0 amide bonds. The van der Waals surface area contributed by atoms with Gasteiger partial charge < -0.3 is 10.2 Å². The Morgan fingerprint density at radius 2 is 1.92 bits per heavy atom. The highest BCUT2D eigenvalue weighted by molar-refractivity contribution is 9.10. The summed E-state index contributed by atoms with van der Waals surface area (Å²) in [4.78, 5) is 11.6. The molecule has 0 bridgehead atoms. The maximum absolute atomic E-state index is 4.78. The first-order valence-corrected chi connectivity index (χ1v) is 9.15. The van der Waals surface area contributed by atoms with E-state index in [9.17, 15) is 0 Å². The summed E-state index contributed by atoms with van der Waals surface area (Å²) in [6, 6.07) is 19.0. The fraction of sp³-hybridized carbons (Fsp3) is 0.200. The van der Waals surface area contributed by atoms with Gasteiger partial charge in [-0.1, -0.05) is 40.2 Å². The number of aryl methyl sites for hydroxylation is 1. The molecule has 3 aromatic rings. The minimum atomic E-state index is 0.380. The van der Waals surface area contributed by atoms with E-state index in [2.05, 4.69) is 62.3 Å². The van der Waals surface area contributed by atoms with Crippen LogP contribution in [-0.2, 0) is 6.42 Å². The van der Waals surface area contributed by atoms with Gasteiger partial charge >= 0.3 is 0 Å². The van der Waals surface area contributed by atoms with E-state index in [-0.39, 0.29) is 0 Å². The molecule has 1 N–H and O–H groups in total. The number of nitrogens with one attached hydrogen (secondary N) is 1. The molecule has 1 aliphatic rings. The van der Waals surface area contributed by atoms with Crippen LogP contribution in [0.3, 0.4) is 0 Å². The van der Waals surface area contributed by atoms with Crippen molar-refractivity contribution in [3.05, 3.63) is 70.3 Å². The summed E-state index contributed by atoms with van der Waals surface area (Å²) < 4.78 is 1.02. The molecule has 1 aromatic heterocycles. The van der Waals surface area contributed by atoms with Crippen LogP contribution in [-0.4, -0.2) is 16.0 Å². The van der Waals surface area contributed by atoms with Gasteiger partial charge in [-0.15, -0.1) is 0 Å². The van der Waals surface area contributed by atoms with Gasteiger partial charge in [0.05, 0.1) is 0 Å². The number of hydrogen-bond acceptors (Lipinski definition) is 4. The molecule has 1 atom stereocenters. The SMILES string of the molecule is Cc1cc(N2c3ccccc3CC2C)nc(Nc2cccc(Br)c2)n1. The van der Waals surface area contributed by atoms with Crippen molar-refractivity contribution in [1.82, 2.24) is 9.97 Å². The highest BCUT2D eigenvalue weighted by atomic mass is 79.9. The van der Waals surface area contributed by atoms with Gasteiger partial charge in [-0.3, -0.25) is 0 Å². The summed E-state index contributed by atoms with van der Waals surface area (Å²) in [6.07, 6.45) is 1.04. The second kappa shape index (κ2) is 6.48. The Morgan fingerprint density at radius 3 is 2.76 bits per heavy atom. The van der Waals surface area contributed by atoms with Gasteiger partial charge in [0, 0.05) is 33.6 Å². The number of fused-ring (bicyclic) bond motifs is 1. The third kappa shape index (κ3) is 3.24. The molecule has 1 aliphatic heterocycles. The fourth-order valence-corrected chi connectivity index (χ4v) is 3.74. The van der Waals surface area contributed by atoms with E-state index in [4.69, 9.17) is 4.98 Å². The first-order valence-electron chi connectivity index (χ1n) is 8.35.